The molecule has 6 nitrogen and oxygen atoms in total. The van der Waals surface area contributed by atoms with E-state index in [1.807, 2.05) is 53.1 Å². The van der Waals surface area contributed by atoms with Gasteiger partial charge in [-0.3, -0.25) is 14.3 Å². The summed E-state index contributed by atoms with van der Waals surface area (Å²) >= 11 is 1.13. The van der Waals surface area contributed by atoms with Gasteiger partial charge in [0, 0.05) is 11.9 Å². The summed E-state index contributed by atoms with van der Waals surface area (Å²) in [6, 6.07) is 15.1. The fraction of sp³-hybridized carbons (Fsp3) is 0.0667. The molecule has 0 spiro atoms. The number of para-hydroxylation sites is 1. The van der Waals surface area contributed by atoms with Crippen LogP contribution in [0.4, 0.5) is 0 Å². The highest BCUT2D eigenvalue weighted by atomic mass is 32.2. The SMILES string of the molecule is O=C(O)CSc1nnc(-c2ccccn2)n1-c1ccccc1. The standard InChI is InChI=1S/C15H12N4O2S/c20-13(21)10-22-15-18-17-14(12-8-4-5-9-16-12)19(15)11-6-2-1-3-7-11/h1-9H,10H2,(H,20,21). The smallest absolute Gasteiger partial charge is 0.313 e. The highest BCUT2D eigenvalue weighted by Gasteiger charge is 2.17. The van der Waals surface area contributed by atoms with Crippen molar-refractivity contribution >= 4 is 17.7 Å². The number of hydrogen-bond acceptors (Lipinski definition) is 5. The molecule has 0 saturated carbocycles. The van der Waals surface area contributed by atoms with Gasteiger partial charge in [-0.2, -0.15) is 0 Å². The molecule has 2 aromatic heterocycles. The van der Waals surface area contributed by atoms with E-state index in [1.54, 1.807) is 6.20 Å². The zero-order valence-corrected chi connectivity index (χ0v) is 12.3. The fourth-order valence-corrected chi connectivity index (χ4v) is 2.63. The molecule has 0 atom stereocenters. The van der Waals surface area contributed by atoms with E-state index in [4.69, 9.17) is 5.11 Å². The Labute approximate surface area is 130 Å². The Morgan fingerprint density at radius 1 is 1.09 bits per heavy atom. The van der Waals surface area contributed by atoms with Crippen LogP contribution in [0.5, 0.6) is 0 Å². The van der Waals surface area contributed by atoms with Gasteiger partial charge in [0.15, 0.2) is 11.0 Å². The second-order valence-corrected chi connectivity index (χ2v) is 5.32. The van der Waals surface area contributed by atoms with Gasteiger partial charge in [-0.25, -0.2) is 0 Å². The normalized spacial score (nSPS) is 10.5. The molecule has 0 aliphatic heterocycles. The number of benzene rings is 1. The fourth-order valence-electron chi connectivity index (χ4n) is 1.96. The Hall–Kier alpha value is -2.67. The summed E-state index contributed by atoms with van der Waals surface area (Å²) in [6.07, 6.45) is 1.68. The number of thioether (sulfide) groups is 1. The van der Waals surface area contributed by atoms with Crippen molar-refractivity contribution in [1.29, 1.82) is 0 Å². The maximum absolute atomic E-state index is 10.8. The summed E-state index contributed by atoms with van der Waals surface area (Å²) in [7, 11) is 0. The first-order chi connectivity index (χ1) is 10.8. The molecule has 110 valence electrons. The molecule has 1 N–H and O–H groups in total. The molecule has 0 radical (unpaired) electrons. The van der Waals surface area contributed by atoms with Crippen LogP contribution in [0.15, 0.2) is 59.9 Å². The van der Waals surface area contributed by atoms with Gasteiger partial charge >= 0.3 is 5.97 Å². The Kier molecular flexibility index (Phi) is 4.15. The molecular weight excluding hydrogens is 300 g/mol. The first-order valence-electron chi connectivity index (χ1n) is 6.52. The number of carboxylic acid groups (broad SMARTS) is 1. The summed E-state index contributed by atoms with van der Waals surface area (Å²) in [5.74, 6) is -0.389. The Balaban J connectivity index is 2.09. The van der Waals surface area contributed by atoms with Gasteiger partial charge in [0.2, 0.25) is 0 Å². The van der Waals surface area contributed by atoms with Crippen molar-refractivity contribution in [2.45, 2.75) is 5.16 Å². The summed E-state index contributed by atoms with van der Waals surface area (Å²) in [6.45, 7) is 0. The van der Waals surface area contributed by atoms with E-state index in [2.05, 4.69) is 15.2 Å². The molecule has 3 rings (SSSR count). The molecule has 7 heteroatoms. The average molecular weight is 312 g/mol. The third-order valence-corrected chi connectivity index (χ3v) is 3.78. The van der Waals surface area contributed by atoms with Crippen LogP contribution in [-0.2, 0) is 4.79 Å². The minimum atomic E-state index is -0.896. The lowest BCUT2D eigenvalue weighted by atomic mass is 10.3. The van der Waals surface area contributed by atoms with E-state index in [-0.39, 0.29) is 5.75 Å². The first kappa shape index (κ1) is 14.3. The van der Waals surface area contributed by atoms with E-state index in [1.165, 1.54) is 0 Å². The highest BCUT2D eigenvalue weighted by Crippen LogP contribution is 2.26. The van der Waals surface area contributed by atoms with Crippen molar-refractivity contribution in [3.63, 3.8) is 0 Å². The second kappa shape index (κ2) is 6.40. The average Bonchev–Trinajstić information content (AvgIpc) is 2.98. The molecule has 0 fully saturated rings. The summed E-state index contributed by atoms with van der Waals surface area (Å²) in [5.41, 5.74) is 1.54. The van der Waals surface area contributed by atoms with Crippen LogP contribution >= 0.6 is 11.8 Å². The number of hydrogen-bond donors (Lipinski definition) is 1. The van der Waals surface area contributed by atoms with Gasteiger partial charge in [0.1, 0.15) is 5.69 Å². The first-order valence-corrected chi connectivity index (χ1v) is 7.51. The van der Waals surface area contributed by atoms with Crippen LogP contribution in [0, 0.1) is 0 Å². The lowest BCUT2D eigenvalue weighted by Gasteiger charge is -2.09. The van der Waals surface area contributed by atoms with Crippen LogP contribution in [0.3, 0.4) is 0 Å². The summed E-state index contributed by atoms with van der Waals surface area (Å²) in [5, 5.41) is 17.7. The van der Waals surface area contributed by atoms with Gasteiger partial charge in [0.05, 0.1) is 5.75 Å². The largest absolute Gasteiger partial charge is 0.481 e. The van der Waals surface area contributed by atoms with E-state index >= 15 is 0 Å². The second-order valence-electron chi connectivity index (χ2n) is 4.37. The molecule has 3 aromatic rings. The molecule has 0 bridgehead atoms. The van der Waals surface area contributed by atoms with Gasteiger partial charge in [-0.15, -0.1) is 10.2 Å². The molecule has 0 unspecified atom stereocenters. The lowest BCUT2D eigenvalue weighted by Crippen LogP contribution is -2.03. The van der Waals surface area contributed by atoms with Crippen molar-refractivity contribution in [2.75, 3.05) is 5.75 Å². The molecule has 0 aliphatic carbocycles. The predicted molar refractivity (Wildman–Crippen MR) is 82.9 cm³/mol. The molecule has 1 aromatic carbocycles. The maximum Gasteiger partial charge on any atom is 0.313 e. The number of pyridine rings is 1. The van der Waals surface area contributed by atoms with Crippen molar-refractivity contribution in [3.8, 4) is 17.2 Å². The van der Waals surface area contributed by atoms with Gasteiger partial charge in [0.25, 0.3) is 0 Å². The molecule has 0 saturated heterocycles. The predicted octanol–water partition coefficient (Wildman–Crippen LogP) is 2.51. The molecule has 0 amide bonds. The molecule has 22 heavy (non-hydrogen) atoms. The van der Waals surface area contributed by atoms with Crippen LogP contribution < -0.4 is 0 Å². The Bertz CT molecular complexity index is 775. The monoisotopic (exact) mass is 312 g/mol. The van der Waals surface area contributed by atoms with E-state index < -0.39 is 5.97 Å². The summed E-state index contributed by atoms with van der Waals surface area (Å²) in [4.78, 5) is 15.1. The third-order valence-electron chi connectivity index (χ3n) is 2.87. The Morgan fingerprint density at radius 2 is 1.86 bits per heavy atom. The summed E-state index contributed by atoms with van der Waals surface area (Å²) < 4.78 is 1.82. The van der Waals surface area contributed by atoms with Crippen molar-refractivity contribution in [1.82, 2.24) is 19.7 Å². The Morgan fingerprint density at radius 3 is 2.55 bits per heavy atom. The van der Waals surface area contributed by atoms with Crippen LogP contribution in [0.1, 0.15) is 0 Å². The number of aromatic nitrogens is 4. The van der Waals surface area contributed by atoms with E-state index in [9.17, 15) is 4.79 Å². The number of aliphatic carboxylic acids is 1. The highest BCUT2D eigenvalue weighted by molar-refractivity contribution is 7.99. The number of carboxylic acids is 1. The molecule has 0 aliphatic rings. The van der Waals surface area contributed by atoms with Crippen molar-refractivity contribution in [3.05, 3.63) is 54.7 Å². The molecule has 2 heterocycles. The number of carbonyl (C=O) groups is 1. The van der Waals surface area contributed by atoms with Crippen molar-refractivity contribution < 1.29 is 9.90 Å². The van der Waals surface area contributed by atoms with Crippen LogP contribution in [-0.4, -0.2) is 36.6 Å². The zero-order chi connectivity index (χ0) is 15.4. The molecular formula is C15H12N4O2S. The lowest BCUT2D eigenvalue weighted by molar-refractivity contribution is -0.133. The van der Waals surface area contributed by atoms with Gasteiger partial charge in [-0.05, 0) is 24.3 Å². The quantitative estimate of drug-likeness (QED) is 0.729. The van der Waals surface area contributed by atoms with E-state index in [0.29, 0.717) is 16.7 Å². The minimum absolute atomic E-state index is 0.0762. The third kappa shape index (κ3) is 2.99. The minimum Gasteiger partial charge on any atom is -0.481 e. The van der Waals surface area contributed by atoms with Gasteiger partial charge < -0.3 is 5.11 Å². The van der Waals surface area contributed by atoms with Crippen LogP contribution in [0.25, 0.3) is 17.2 Å². The zero-order valence-electron chi connectivity index (χ0n) is 11.5. The topological polar surface area (TPSA) is 80.9 Å². The van der Waals surface area contributed by atoms with Crippen LogP contribution in [0.2, 0.25) is 0 Å². The van der Waals surface area contributed by atoms with Crippen molar-refractivity contribution in [2.24, 2.45) is 0 Å². The van der Waals surface area contributed by atoms with E-state index in [0.717, 1.165) is 17.4 Å². The number of rotatable bonds is 5. The number of nitrogens with zero attached hydrogens (tertiary/aromatic N) is 4. The van der Waals surface area contributed by atoms with Gasteiger partial charge in [-0.1, -0.05) is 36.0 Å². The maximum atomic E-state index is 10.8.